The van der Waals surface area contributed by atoms with Crippen LogP contribution in [0.25, 0.3) is 0 Å². The Morgan fingerprint density at radius 1 is 1.44 bits per heavy atom. The van der Waals surface area contributed by atoms with Crippen molar-refractivity contribution in [1.82, 2.24) is 14.6 Å². The minimum Gasteiger partial charge on any atom is -0.372 e. The number of nitrogens with one attached hydrogen (secondary N) is 2. The lowest BCUT2D eigenvalue weighted by atomic mass is 10.5. The molecule has 0 aliphatic heterocycles. The summed E-state index contributed by atoms with van der Waals surface area (Å²) in [5.74, 6) is 0.355. The number of likely N-dealkylation sites (N-methyl/N-ethyl adjacent to an activating group) is 1. The molecule has 1 heterocycles. The first-order valence-corrected chi connectivity index (χ1v) is 7.30. The quantitative estimate of drug-likeness (QED) is 0.749. The lowest BCUT2D eigenvalue weighted by Gasteiger charge is -2.15. The highest BCUT2D eigenvalue weighted by Crippen LogP contribution is 2.16. The molecule has 0 atom stereocenters. The van der Waals surface area contributed by atoms with E-state index >= 15 is 0 Å². The summed E-state index contributed by atoms with van der Waals surface area (Å²) in [7, 11) is 0.0783. The van der Waals surface area contributed by atoms with Crippen molar-refractivity contribution in [2.45, 2.75) is 11.8 Å². The average Bonchev–Trinajstić information content (AvgIpc) is 2.38. The van der Waals surface area contributed by atoms with Crippen LogP contribution in [0, 0.1) is 0 Å². The van der Waals surface area contributed by atoms with Gasteiger partial charge in [0.25, 0.3) is 0 Å². The molecule has 0 bridgehead atoms. The maximum atomic E-state index is 12.1. The number of pyridine rings is 1. The molecule has 6 nitrogen and oxygen atoms in total. The van der Waals surface area contributed by atoms with Gasteiger partial charge in [-0.15, -0.1) is 0 Å². The van der Waals surface area contributed by atoms with E-state index in [4.69, 9.17) is 0 Å². The molecule has 7 heteroatoms. The van der Waals surface area contributed by atoms with E-state index in [9.17, 15) is 8.42 Å². The Morgan fingerprint density at radius 3 is 2.78 bits per heavy atom. The Labute approximate surface area is 108 Å². The van der Waals surface area contributed by atoms with Gasteiger partial charge in [-0.2, -0.15) is 0 Å². The molecule has 0 aromatic carbocycles. The number of anilines is 1. The van der Waals surface area contributed by atoms with Crippen molar-refractivity contribution in [3.8, 4) is 0 Å². The third kappa shape index (κ3) is 3.94. The van der Waals surface area contributed by atoms with Crippen LogP contribution in [0.3, 0.4) is 0 Å². The minimum atomic E-state index is -3.51. The topological polar surface area (TPSA) is 74.3 Å². The summed E-state index contributed by atoms with van der Waals surface area (Å²) in [4.78, 5) is 6.19. The molecule has 0 saturated heterocycles. The molecule has 18 heavy (non-hydrogen) atoms. The molecular weight excluding hydrogens is 252 g/mol. The molecule has 0 amide bonds. The Hall–Kier alpha value is -1.18. The zero-order valence-corrected chi connectivity index (χ0v) is 11.8. The van der Waals surface area contributed by atoms with E-state index in [1.807, 2.05) is 18.9 Å². The zero-order valence-electron chi connectivity index (χ0n) is 11.0. The minimum absolute atomic E-state index is 0.173. The first-order valence-electron chi connectivity index (χ1n) is 5.82. The van der Waals surface area contributed by atoms with Crippen molar-refractivity contribution in [3.63, 3.8) is 0 Å². The van der Waals surface area contributed by atoms with Crippen molar-refractivity contribution < 1.29 is 8.42 Å². The molecule has 0 saturated carbocycles. The van der Waals surface area contributed by atoms with Gasteiger partial charge < -0.3 is 10.2 Å². The lowest BCUT2D eigenvalue weighted by Crippen LogP contribution is -2.33. The van der Waals surface area contributed by atoms with Crippen LogP contribution in [-0.2, 0) is 10.0 Å². The predicted octanol–water partition coefficient (Wildman–Crippen LogP) is 0.353. The highest BCUT2D eigenvalue weighted by Gasteiger charge is 2.18. The highest BCUT2D eigenvalue weighted by molar-refractivity contribution is 7.89. The van der Waals surface area contributed by atoms with Gasteiger partial charge in [0.15, 0.2) is 0 Å². The standard InChI is InChI=1S/C11H20N4O2S/c1-4-15(3)9-8-14-18(16,17)10-6-5-7-13-11(10)12-2/h5-7,14H,4,8-9H2,1-3H3,(H,12,13). The van der Waals surface area contributed by atoms with E-state index in [1.54, 1.807) is 19.3 Å². The summed E-state index contributed by atoms with van der Waals surface area (Å²) >= 11 is 0. The Morgan fingerprint density at radius 2 is 2.17 bits per heavy atom. The molecule has 0 aliphatic carbocycles. The Balaban J connectivity index is 2.74. The van der Waals surface area contributed by atoms with Gasteiger partial charge in [0, 0.05) is 26.3 Å². The number of nitrogens with zero attached hydrogens (tertiary/aromatic N) is 2. The first-order chi connectivity index (χ1) is 8.51. The van der Waals surface area contributed by atoms with Gasteiger partial charge in [0.1, 0.15) is 10.7 Å². The second kappa shape index (κ2) is 6.67. The molecule has 0 aliphatic rings. The van der Waals surface area contributed by atoms with Gasteiger partial charge in [-0.05, 0) is 25.7 Å². The van der Waals surface area contributed by atoms with Crippen LogP contribution in [-0.4, -0.2) is 52.0 Å². The smallest absolute Gasteiger partial charge is 0.244 e. The fraction of sp³-hybridized carbons (Fsp3) is 0.545. The SMILES string of the molecule is CCN(C)CCNS(=O)(=O)c1cccnc1NC. The van der Waals surface area contributed by atoms with Crippen LogP contribution in [0.15, 0.2) is 23.2 Å². The second-order valence-electron chi connectivity index (χ2n) is 3.89. The fourth-order valence-electron chi connectivity index (χ4n) is 1.40. The number of sulfonamides is 1. The highest BCUT2D eigenvalue weighted by atomic mass is 32.2. The molecule has 102 valence electrons. The molecular formula is C11H20N4O2S. The summed E-state index contributed by atoms with van der Waals surface area (Å²) in [6.45, 7) is 3.96. The molecule has 1 aromatic heterocycles. The van der Waals surface area contributed by atoms with Crippen LogP contribution in [0.1, 0.15) is 6.92 Å². The van der Waals surface area contributed by atoms with Crippen LogP contribution in [0.2, 0.25) is 0 Å². The van der Waals surface area contributed by atoms with Crippen molar-refractivity contribution in [3.05, 3.63) is 18.3 Å². The van der Waals surface area contributed by atoms with Gasteiger partial charge in [0.2, 0.25) is 10.0 Å². The van der Waals surface area contributed by atoms with E-state index in [1.165, 1.54) is 6.07 Å². The largest absolute Gasteiger partial charge is 0.372 e. The maximum Gasteiger partial charge on any atom is 0.244 e. The summed E-state index contributed by atoms with van der Waals surface area (Å²) < 4.78 is 26.7. The maximum absolute atomic E-state index is 12.1. The van der Waals surface area contributed by atoms with E-state index in [0.717, 1.165) is 6.54 Å². The molecule has 2 N–H and O–H groups in total. The summed E-state index contributed by atoms with van der Waals surface area (Å²) in [5.41, 5.74) is 0. The lowest BCUT2D eigenvalue weighted by molar-refractivity contribution is 0.358. The van der Waals surface area contributed by atoms with E-state index in [2.05, 4.69) is 15.0 Å². The summed E-state index contributed by atoms with van der Waals surface area (Å²) in [5, 5.41) is 2.77. The molecule has 0 fully saturated rings. The molecule has 0 spiro atoms. The summed E-state index contributed by atoms with van der Waals surface area (Å²) in [6.07, 6.45) is 1.55. The van der Waals surface area contributed by atoms with E-state index in [0.29, 0.717) is 18.9 Å². The Kier molecular flexibility index (Phi) is 5.52. The first kappa shape index (κ1) is 14.9. The van der Waals surface area contributed by atoms with E-state index in [-0.39, 0.29) is 4.90 Å². The number of rotatable bonds is 7. The molecule has 1 aromatic rings. The molecule has 0 radical (unpaired) electrons. The summed E-state index contributed by atoms with van der Waals surface area (Å²) in [6, 6.07) is 3.14. The van der Waals surface area contributed by atoms with Gasteiger partial charge in [-0.1, -0.05) is 6.92 Å². The van der Waals surface area contributed by atoms with Gasteiger partial charge in [0.05, 0.1) is 0 Å². The van der Waals surface area contributed by atoms with Crippen LogP contribution < -0.4 is 10.0 Å². The zero-order chi connectivity index (χ0) is 13.6. The average molecular weight is 272 g/mol. The van der Waals surface area contributed by atoms with Gasteiger partial charge in [-0.3, -0.25) is 0 Å². The Bertz CT molecular complexity index is 476. The van der Waals surface area contributed by atoms with Crippen molar-refractivity contribution >= 4 is 15.8 Å². The number of hydrogen-bond acceptors (Lipinski definition) is 5. The van der Waals surface area contributed by atoms with Crippen molar-refractivity contribution in [2.24, 2.45) is 0 Å². The van der Waals surface area contributed by atoms with E-state index < -0.39 is 10.0 Å². The van der Waals surface area contributed by atoms with Crippen LogP contribution >= 0.6 is 0 Å². The van der Waals surface area contributed by atoms with Gasteiger partial charge >= 0.3 is 0 Å². The third-order valence-corrected chi connectivity index (χ3v) is 4.12. The van der Waals surface area contributed by atoms with Crippen LogP contribution in [0.5, 0.6) is 0 Å². The normalized spacial score (nSPS) is 11.8. The number of hydrogen-bond donors (Lipinski definition) is 2. The molecule has 0 unspecified atom stereocenters. The van der Waals surface area contributed by atoms with Gasteiger partial charge in [-0.25, -0.2) is 18.1 Å². The monoisotopic (exact) mass is 272 g/mol. The van der Waals surface area contributed by atoms with Crippen molar-refractivity contribution in [1.29, 1.82) is 0 Å². The fourth-order valence-corrected chi connectivity index (χ4v) is 2.58. The van der Waals surface area contributed by atoms with Crippen LogP contribution in [0.4, 0.5) is 5.82 Å². The number of aromatic nitrogens is 1. The third-order valence-electron chi connectivity index (χ3n) is 2.62. The molecule has 1 rings (SSSR count). The second-order valence-corrected chi connectivity index (χ2v) is 5.63. The van der Waals surface area contributed by atoms with Crippen molar-refractivity contribution in [2.75, 3.05) is 39.0 Å². The predicted molar refractivity (Wildman–Crippen MR) is 72.1 cm³/mol.